The van der Waals surface area contributed by atoms with Gasteiger partial charge in [0.15, 0.2) is 0 Å². The van der Waals surface area contributed by atoms with Crippen molar-refractivity contribution >= 4 is 17.5 Å². The minimum absolute atomic E-state index is 0.000826. The summed E-state index contributed by atoms with van der Waals surface area (Å²) in [6.07, 6.45) is 3.98. The lowest BCUT2D eigenvalue weighted by atomic mass is 9.96. The molecule has 2 amide bonds. The number of hydrogen-bond donors (Lipinski definition) is 3. The van der Waals surface area contributed by atoms with Crippen LogP contribution in [0, 0.1) is 5.92 Å². The smallest absolute Gasteiger partial charge is 0.241 e. The largest absolute Gasteiger partial charge is 0.497 e. The first-order valence-electron chi connectivity index (χ1n) is 10.3. The molecule has 2 saturated heterocycles. The van der Waals surface area contributed by atoms with Gasteiger partial charge in [-0.2, -0.15) is 0 Å². The summed E-state index contributed by atoms with van der Waals surface area (Å²) in [6, 6.07) is 12.7. The average molecular weight is 409 g/mol. The third-order valence-electron chi connectivity index (χ3n) is 5.71. The second-order valence-electron chi connectivity index (χ2n) is 7.73. The minimum Gasteiger partial charge on any atom is -0.497 e. The quantitative estimate of drug-likeness (QED) is 0.698. The fourth-order valence-corrected chi connectivity index (χ4v) is 4.02. The molecule has 2 aliphatic heterocycles. The molecule has 3 unspecified atom stereocenters. The summed E-state index contributed by atoms with van der Waals surface area (Å²) in [4.78, 5) is 31.9. The molecule has 0 aliphatic carbocycles. The van der Waals surface area contributed by atoms with Gasteiger partial charge in [0.25, 0.3) is 0 Å². The number of carbonyl (C=O) groups is 2. The number of likely N-dealkylation sites (tertiary alicyclic amines) is 1. The Morgan fingerprint density at radius 2 is 2.00 bits per heavy atom. The molecule has 8 heteroatoms. The molecule has 30 heavy (non-hydrogen) atoms. The van der Waals surface area contributed by atoms with Crippen molar-refractivity contribution in [3.8, 4) is 5.75 Å². The number of anilines is 1. The highest BCUT2D eigenvalue weighted by molar-refractivity contribution is 5.93. The van der Waals surface area contributed by atoms with Crippen LogP contribution in [0.5, 0.6) is 5.75 Å². The van der Waals surface area contributed by atoms with Crippen LogP contribution in [0.4, 0.5) is 5.69 Å². The van der Waals surface area contributed by atoms with Gasteiger partial charge in [-0.25, -0.2) is 10.9 Å². The number of carbonyl (C=O) groups excluding carboxylic acids is 2. The molecule has 0 radical (unpaired) electrons. The number of nitrogens with zero attached hydrogens (tertiary/aromatic N) is 2. The van der Waals surface area contributed by atoms with Crippen molar-refractivity contribution in [2.45, 2.75) is 31.3 Å². The first-order chi connectivity index (χ1) is 14.6. The summed E-state index contributed by atoms with van der Waals surface area (Å²) in [5, 5.41) is 2.95. The van der Waals surface area contributed by atoms with Crippen LogP contribution in [0.25, 0.3) is 0 Å². The fourth-order valence-electron chi connectivity index (χ4n) is 4.02. The van der Waals surface area contributed by atoms with Crippen LogP contribution in [-0.2, 0) is 9.59 Å². The number of amides is 2. The third-order valence-corrected chi connectivity index (χ3v) is 5.71. The second-order valence-corrected chi connectivity index (χ2v) is 7.73. The van der Waals surface area contributed by atoms with Gasteiger partial charge in [-0.3, -0.25) is 14.6 Å². The molecule has 3 heterocycles. The van der Waals surface area contributed by atoms with Crippen molar-refractivity contribution in [1.82, 2.24) is 20.7 Å². The third kappa shape index (κ3) is 4.60. The molecule has 0 saturated carbocycles. The molecule has 8 nitrogen and oxygen atoms in total. The van der Waals surface area contributed by atoms with Gasteiger partial charge < -0.3 is 15.0 Å². The van der Waals surface area contributed by atoms with Crippen LogP contribution >= 0.6 is 0 Å². The lowest BCUT2D eigenvalue weighted by Gasteiger charge is -2.33. The van der Waals surface area contributed by atoms with E-state index in [1.165, 1.54) is 0 Å². The minimum atomic E-state index is -0.319. The Kier molecular flexibility index (Phi) is 6.25. The van der Waals surface area contributed by atoms with Crippen molar-refractivity contribution in [1.29, 1.82) is 0 Å². The van der Waals surface area contributed by atoms with E-state index in [1.807, 2.05) is 47.4 Å². The summed E-state index contributed by atoms with van der Waals surface area (Å²) in [7, 11) is 1.61. The number of hydrazine groups is 1. The molecular formula is C22H27N5O3. The van der Waals surface area contributed by atoms with Gasteiger partial charge in [-0.15, -0.1) is 0 Å². The summed E-state index contributed by atoms with van der Waals surface area (Å²) in [5.41, 5.74) is 7.91. The molecule has 3 N–H and O–H groups in total. The van der Waals surface area contributed by atoms with Gasteiger partial charge in [0.05, 0.1) is 24.8 Å². The Morgan fingerprint density at radius 3 is 2.73 bits per heavy atom. The van der Waals surface area contributed by atoms with Gasteiger partial charge in [0.1, 0.15) is 11.8 Å². The zero-order chi connectivity index (χ0) is 20.9. The SMILES string of the molecule is COc1ccc(NC(=O)C2CCCN(C(=O)C3CC(c4ccccn4)NN3)C2)cc1. The van der Waals surface area contributed by atoms with Gasteiger partial charge >= 0.3 is 0 Å². The van der Waals surface area contributed by atoms with E-state index in [1.54, 1.807) is 13.3 Å². The van der Waals surface area contributed by atoms with Crippen LogP contribution < -0.4 is 20.9 Å². The van der Waals surface area contributed by atoms with Crippen molar-refractivity contribution in [3.63, 3.8) is 0 Å². The molecule has 2 fully saturated rings. The molecule has 158 valence electrons. The molecule has 0 spiro atoms. The number of piperidine rings is 1. The maximum atomic E-state index is 13.0. The predicted octanol–water partition coefficient (Wildman–Crippen LogP) is 1.88. The van der Waals surface area contributed by atoms with Crippen molar-refractivity contribution in [3.05, 3.63) is 54.4 Å². The molecular weight excluding hydrogens is 382 g/mol. The number of aromatic nitrogens is 1. The lowest BCUT2D eigenvalue weighted by Crippen LogP contribution is -2.50. The summed E-state index contributed by atoms with van der Waals surface area (Å²) in [6.45, 7) is 1.12. The Morgan fingerprint density at radius 1 is 1.17 bits per heavy atom. The maximum absolute atomic E-state index is 13.0. The van der Waals surface area contributed by atoms with Crippen LogP contribution in [0.3, 0.4) is 0 Å². The van der Waals surface area contributed by atoms with Gasteiger partial charge in [-0.1, -0.05) is 6.07 Å². The normalized spacial score (nSPS) is 23.8. The summed E-state index contributed by atoms with van der Waals surface area (Å²) in [5.74, 6) is 0.499. The monoisotopic (exact) mass is 409 g/mol. The molecule has 4 rings (SSSR count). The van der Waals surface area contributed by atoms with Crippen molar-refractivity contribution in [2.75, 3.05) is 25.5 Å². The highest BCUT2D eigenvalue weighted by atomic mass is 16.5. The van der Waals surface area contributed by atoms with Crippen LogP contribution in [-0.4, -0.2) is 47.9 Å². The molecule has 1 aromatic heterocycles. The van der Waals surface area contributed by atoms with E-state index in [0.29, 0.717) is 19.5 Å². The highest BCUT2D eigenvalue weighted by Crippen LogP contribution is 2.24. The van der Waals surface area contributed by atoms with Crippen LogP contribution in [0.2, 0.25) is 0 Å². The standard InChI is InChI=1S/C22H27N5O3/c1-30-17-9-7-16(8-10-17)24-21(28)15-5-4-12-27(14-15)22(29)20-13-19(25-26-20)18-6-2-3-11-23-18/h2-3,6-11,15,19-20,25-26H,4-5,12-14H2,1H3,(H,24,28). The molecule has 3 atom stereocenters. The second kappa shape index (κ2) is 9.23. The Hall–Kier alpha value is -2.97. The molecule has 0 bridgehead atoms. The van der Waals surface area contributed by atoms with E-state index in [-0.39, 0.29) is 29.8 Å². The van der Waals surface area contributed by atoms with E-state index in [9.17, 15) is 9.59 Å². The number of methoxy groups -OCH3 is 1. The first kappa shape index (κ1) is 20.3. The number of rotatable bonds is 5. The van der Waals surface area contributed by atoms with Gasteiger partial charge in [0, 0.05) is 25.0 Å². The van der Waals surface area contributed by atoms with E-state index >= 15 is 0 Å². The fraction of sp³-hybridized carbons (Fsp3) is 0.409. The molecule has 1 aromatic carbocycles. The summed E-state index contributed by atoms with van der Waals surface area (Å²) < 4.78 is 5.14. The van der Waals surface area contributed by atoms with Crippen LogP contribution in [0.1, 0.15) is 31.0 Å². The highest BCUT2D eigenvalue weighted by Gasteiger charge is 2.36. The van der Waals surface area contributed by atoms with Gasteiger partial charge in [0.2, 0.25) is 11.8 Å². The predicted molar refractivity (Wildman–Crippen MR) is 113 cm³/mol. The summed E-state index contributed by atoms with van der Waals surface area (Å²) >= 11 is 0. The van der Waals surface area contributed by atoms with Gasteiger partial charge in [-0.05, 0) is 55.7 Å². The molecule has 2 aliphatic rings. The topological polar surface area (TPSA) is 95.6 Å². The lowest BCUT2D eigenvalue weighted by molar-refractivity contribution is -0.136. The number of hydrogen-bond acceptors (Lipinski definition) is 6. The van der Waals surface area contributed by atoms with Crippen molar-refractivity contribution < 1.29 is 14.3 Å². The Balaban J connectivity index is 1.33. The number of pyridine rings is 1. The van der Waals surface area contributed by atoms with E-state index in [0.717, 1.165) is 30.0 Å². The van der Waals surface area contributed by atoms with E-state index in [2.05, 4.69) is 21.2 Å². The zero-order valence-electron chi connectivity index (χ0n) is 17.0. The first-order valence-corrected chi connectivity index (χ1v) is 10.3. The van der Waals surface area contributed by atoms with E-state index < -0.39 is 0 Å². The van der Waals surface area contributed by atoms with Crippen LogP contribution in [0.15, 0.2) is 48.7 Å². The average Bonchev–Trinajstić information content (AvgIpc) is 3.30. The van der Waals surface area contributed by atoms with E-state index in [4.69, 9.17) is 4.74 Å². The number of ether oxygens (including phenoxy) is 1. The molecule has 2 aromatic rings. The zero-order valence-corrected chi connectivity index (χ0v) is 17.0. The maximum Gasteiger partial charge on any atom is 0.241 e. The van der Waals surface area contributed by atoms with Crippen molar-refractivity contribution in [2.24, 2.45) is 5.92 Å². The Bertz CT molecular complexity index is 874. The number of benzene rings is 1. The Labute approximate surface area is 176 Å². The number of nitrogens with one attached hydrogen (secondary N) is 3.